The Kier molecular flexibility index (Phi) is 4.58. The van der Waals surface area contributed by atoms with Gasteiger partial charge in [0.2, 0.25) is 0 Å². The summed E-state index contributed by atoms with van der Waals surface area (Å²) < 4.78 is 1.33. The van der Waals surface area contributed by atoms with Crippen molar-refractivity contribution in [3.05, 3.63) is 87.9 Å². The normalized spacial score (nSPS) is 11.9. The van der Waals surface area contributed by atoms with Crippen LogP contribution in [0.25, 0.3) is 11.3 Å². The van der Waals surface area contributed by atoms with Crippen LogP contribution < -0.4 is 5.56 Å². The third-order valence-corrected chi connectivity index (χ3v) is 4.05. The van der Waals surface area contributed by atoms with Crippen LogP contribution in [0.2, 0.25) is 5.02 Å². The molecule has 2 aromatic carbocycles. The highest BCUT2D eigenvalue weighted by Gasteiger charge is 2.18. The van der Waals surface area contributed by atoms with Gasteiger partial charge in [-0.25, -0.2) is 4.98 Å². The Morgan fingerprint density at radius 3 is 2.50 bits per heavy atom. The highest BCUT2D eigenvalue weighted by atomic mass is 35.5. The minimum absolute atomic E-state index is 0.186. The Labute approximate surface area is 144 Å². The SMILES string of the molecule is C[C@@H](C(=O)c1cccc(Cl)c1)n1cnc(-c2ccccc2)cc1=O. The second kappa shape index (κ2) is 6.81. The van der Waals surface area contributed by atoms with Gasteiger partial charge >= 0.3 is 0 Å². The molecular weight excluding hydrogens is 324 g/mol. The van der Waals surface area contributed by atoms with Gasteiger partial charge in [-0.1, -0.05) is 54.1 Å². The molecule has 1 heterocycles. The maximum Gasteiger partial charge on any atom is 0.254 e. The zero-order valence-corrected chi connectivity index (χ0v) is 13.8. The first kappa shape index (κ1) is 16.1. The molecule has 0 unspecified atom stereocenters. The Balaban J connectivity index is 1.92. The number of aromatic nitrogens is 2. The molecule has 0 N–H and O–H groups in total. The summed E-state index contributed by atoms with van der Waals surface area (Å²) in [5.74, 6) is -0.186. The zero-order valence-electron chi connectivity index (χ0n) is 13.0. The molecule has 0 aliphatic rings. The lowest BCUT2D eigenvalue weighted by Gasteiger charge is -2.14. The lowest BCUT2D eigenvalue weighted by atomic mass is 10.1. The first-order valence-corrected chi connectivity index (χ1v) is 7.87. The van der Waals surface area contributed by atoms with Crippen molar-refractivity contribution in [2.75, 3.05) is 0 Å². The van der Waals surface area contributed by atoms with Crippen molar-refractivity contribution < 1.29 is 4.79 Å². The van der Waals surface area contributed by atoms with E-state index in [-0.39, 0.29) is 11.3 Å². The molecule has 0 amide bonds. The number of hydrogen-bond acceptors (Lipinski definition) is 3. The van der Waals surface area contributed by atoms with Crippen molar-refractivity contribution in [2.24, 2.45) is 0 Å². The summed E-state index contributed by atoms with van der Waals surface area (Å²) in [5, 5.41) is 0.484. The topological polar surface area (TPSA) is 52.0 Å². The van der Waals surface area contributed by atoms with E-state index in [1.54, 1.807) is 31.2 Å². The fraction of sp³-hybridized carbons (Fsp3) is 0.105. The summed E-state index contributed by atoms with van der Waals surface area (Å²) in [6, 6.07) is 16.9. The van der Waals surface area contributed by atoms with Gasteiger partial charge in [-0.3, -0.25) is 14.2 Å². The van der Waals surface area contributed by atoms with Crippen LogP contribution in [0.1, 0.15) is 23.3 Å². The lowest BCUT2D eigenvalue weighted by molar-refractivity contribution is 0.0932. The molecule has 0 radical (unpaired) electrons. The number of halogens is 1. The molecule has 3 rings (SSSR count). The Morgan fingerprint density at radius 1 is 1.08 bits per heavy atom. The van der Waals surface area contributed by atoms with Crippen molar-refractivity contribution in [1.82, 2.24) is 9.55 Å². The van der Waals surface area contributed by atoms with E-state index in [9.17, 15) is 9.59 Å². The van der Waals surface area contributed by atoms with Gasteiger partial charge in [-0.15, -0.1) is 0 Å². The molecule has 0 aliphatic heterocycles. The van der Waals surface area contributed by atoms with Gasteiger partial charge in [0.15, 0.2) is 5.78 Å². The van der Waals surface area contributed by atoms with Crippen LogP contribution in [-0.4, -0.2) is 15.3 Å². The summed E-state index contributed by atoms with van der Waals surface area (Å²) >= 11 is 5.93. The predicted molar refractivity (Wildman–Crippen MR) is 94.4 cm³/mol. The average molecular weight is 339 g/mol. The van der Waals surface area contributed by atoms with Gasteiger partial charge in [-0.05, 0) is 19.1 Å². The monoisotopic (exact) mass is 338 g/mol. The van der Waals surface area contributed by atoms with Crippen molar-refractivity contribution in [3.8, 4) is 11.3 Å². The average Bonchev–Trinajstić information content (AvgIpc) is 2.61. The van der Waals surface area contributed by atoms with Gasteiger partial charge in [0.05, 0.1) is 18.1 Å². The first-order chi connectivity index (χ1) is 11.6. The Bertz CT molecular complexity index is 935. The number of carbonyl (C=O) groups is 1. The minimum Gasteiger partial charge on any atom is -0.292 e. The van der Waals surface area contributed by atoms with E-state index < -0.39 is 6.04 Å². The van der Waals surface area contributed by atoms with Crippen LogP contribution in [0, 0.1) is 0 Å². The quantitative estimate of drug-likeness (QED) is 0.675. The van der Waals surface area contributed by atoms with Gasteiger partial charge in [0.25, 0.3) is 5.56 Å². The highest BCUT2D eigenvalue weighted by Crippen LogP contribution is 2.18. The summed E-state index contributed by atoms with van der Waals surface area (Å²) in [6.07, 6.45) is 1.41. The molecule has 5 heteroatoms. The van der Waals surface area contributed by atoms with Gasteiger partial charge in [0, 0.05) is 22.2 Å². The fourth-order valence-corrected chi connectivity index (χ4v) is 2.67. The third kappa shape index (κ3) is 3.29. The molecule has 0 saturated carbocycles. The number of benzene rings is 2. The molecule has 0 fully saturated rings. The molecule has 1 aromatic heterocycles. The van der Waals surface area contributed by atoms with E-state index in [1.807, 2.05) is 30.3 Å². The smallest absolute Gasteiger partial charge is 0.254 e. The molecule has 0 bridgehead atoms. The Hall–Kier alpha value is -2.72. The third-order valence-electron chi connectivity index (χ3n) is 3.81. The van der Waals surface area contributed by atoms with Crippen LogP contribution in [0.5, 0.6) is 0 Å². The van der Waals surface area contributed by atoms with Gasteiger partial charge in [-0.2, -0.15) is 0 Å². The van der Waals surface area contributed by atoms with E-state index in [0.29, 0.717) is 16.3 Å². The van der Waals surface area contributed by atoms with Gasteiger partial charge in [0.1, 0.15) is 0 Å². The molecular formula is C19H15ClN2O2. The number of carbonyl (C=O) groups excluding carboxylic acids is 1. The minimum atomic E-state index is -0.659. The highest BCUT2D eigenvalue weighted by molar-refractivity contribution is 6.31. The second-order valence-electron chi connectivity index (χ2n) is 5.44. The number of nitrogens with zero attached hydrogens (tertiary/aromatic N) is 2. The molecule has 0 saturated heterocycles. The van der Waals surface area contributed by atoms with E-state index in [2.05, 4.69) is 4.98 Å². The molecule has 0 spiro atoms. The summed E-state index contributed by atoms with van der Waals surface area (Å²) in [6.45, 7) is 1.68. The predicted octanol–water partition coefficient (Wildman–Crippen LogP) is 4.01. The largest absolute Gasteiger partial charge is 0.292 e. The Morgan fingerprint density at radius 2 is 1.83 bits per heavy atom. The van der Waals surface area contributed by atoms with Crippen molar-refractivity contribution in [3.63, 3.8) is 0 Å². The molecule has 0 aliphatic carbocycles. The van der Waals surface area contributed by atoms with Crippen molar-refractivity contribution in [2.45, 2.75) is 13.0 Å². The molecule has 24 heavy (non-hydrogen) atoms. The number of Topliss-reactive ketones (excluding diaryl/α,β-unsaturated/α-hetero) is 1. The van der Waals surface area contributed by atoms with E-state index in [1.165, 1.54) is 17.0 Å². The van der Waals surface area contributed by atoms with Crippen LogP contribution in [0.3, 0.4) is 0 Å². The van der Waals surface area contributed by atoms with E-state index in [0.717, 1.165) is 5.56 Å². The number of ketones is 1. The molecule has 4 nitrogen and oxygen atoms in total. The van der Waals surface area contributed by atoms with Crippen LogP contribution in [0.15, 0.2) is 71.8 Å². The molecule has 3 aromatic rings. The molecule has 120 valence electrons. The number of hydrogen-bond donors (Lipinski definition) is 0. The maximum atomic E-state index is 12.6. The number of rotatable bonds is 4. The first-order valence-electron chi connectivity index (χ1n) is 7.49. The van der Waals surface area contributed by atoms with Crippen molar-refractivity contribution in [1.29, 1.82) is 0 Å². The molecule has 1 atom stereocenters. The zero-order chi connectivity index (χ0) is 17.1. The summed E-state index contributed by atoms with van der Waals surface area (Å²) in [7, 11) is 0. The fourth-order valence-electron chi connectivity index (χ4n) is 2.48. The maximum absolute atomic E-state index is 12.6. The summed E-state index contributed by atoms with van der Waals surface area (Å²) in [4.78, 5) is 29.3. The summed E-state index contributed by atoms with van der Waals surface area (Å²) in [5.41, 5.74) is 1.63. The van der Waals surface area contributed by atoms with E-state index in [4.69, 9.17) is 11.6 Å². The van der Waals surface area contributed by atoms with Gasteiger partial charge < -0.3 is 0 Å². The second-order valence-corrected chi connectivity index (χ2v) is 5.87. The van der Waals surface area contributed by atoms with E-state index >= 15 is 0 Å². The standard InChI is InChI=1S/C19H15ClN2O2/c1-13(19(24)15-8-5-9-16(20)10-15)22-12-21-17(11-18(22)23)14-6-3-2-4-7-14/h2-13H,1H3/t13-/m0/s1. The van der Waals surface area contributed by atoms with Crippen LogP contribution >= 0.6 is 11.6 Å². The lowest BCUT2D eigenvalue weighted by Crippen LogP contribution is -2.28. The van der Waals surface area contributed by atoms with Crippen LogP contribution in [-0.2, 0) is 0 Å². The van der Waals surface area contributed by atoms with Crippen molar-refractivity contribution >= 4 is 17.4 Å². The van der Waals surface area contributed by atoms with Crippen LogP contribution in [0.4, 0.5) is 0 Å².